The Bertz CT molecular complexity index is 745. The van der Waals surface area contributed by atoms with Crippen LogP contribution in [-0.2, 0) is 14.4 Å². The van der Waals surface area contributed by atoms with Gasteiger partial charge in [0.1, 0.15) is 0 Å². The summed E-state index contributed by atoms with van der Waals surface area (Å²) in [5.41, 5.74) is 2.94. The van der Waals surface area contributed by atoms with Gasteiger partial charge in [-0.25, -0.2) is 9.59 Å². The molecule has 0 aliphatic heterocycles. The molecule has 0 aliphatic carbocycles. The molecule has 1 N–H and O–H groups in total. The third kappa shape index (κ3) is 5.44. The Morgan fingerprint density at radius 1 is 0.846 bits per heavy atom. The normalized spacial score (nSPS) is 12.5. The standard InChI is InChI=1S/C20H21NO5/c1-14(13-25-19(23)16-9-5-3-6-10-16)15(2)18(22)21-26-20(24)17-11-7-4-8-12-17/h3-12,14-15H,13H2,1-2H3,(H,21,22)/t14-,15-/m1/s1. The van der Waals surface area contributed by atoms with Gasteiger partial charge in [-0.05, 0) is 24.3 Å². The number of carbonyl (C=O) groups excluding carboxylic acids is 3. The topological polar surface area (TPSA) is 81.7 Å². The number of nitrogens with one attached hydrogen (secondary N) is 1. The van der Waals surface area contributed by atoms with Gasteiger partial charge in [-0.2, -0.15) is 5.48 Å². The molecule has 0 aromatic heterocycles. The van der Waals surface area contributed by atoms with Gasteiger partial charge in [-0.3, -0.25) is 4.79 Å². The van der Waals surface area contributed by atoms with Crippen LogP contribution in [0.15, 0.2) is 60.7 Å². The van der Waals surface area contributed by atoms with Gasteiger partial charge in [0.05, 0.1) is 17.7 Å². The first-order chi connectivity index (χ1) is 12.5. The third-order valence-electron chi connectivity index (χ3n) is 4.01. The van der Waals surface area contributed by atoms with Crippen molar-refractivity contribution in [1.29, 1.82) is 0 Å². The summed E-state index contributed by atoms with van der Waals surface area (Å²) in [7, 11) is 0. The van der Waals surface area contributed by atoms with Crippen LogP contribution in [0.3, 0.4) is 0 Å². The molecule has 0 spiro atoms. The van der Waals surface area contributed by atoms with Crippen molar-refractivity contribution in [2.75, 3.05) is 6.61 Å². The summed E-state index contributed by atoms with van der Waals surface area (Å²) >= 11 is 0. The second-order valence-corrected chi connectivity index (χ2v) is 5.95. The molecule has 1 amide bonds. The Morgan fingerprint density at radius 2 is 1.35 bits per heavy atom. The van der Waals surface area contributed by atoms with E-state index in [1.165, 1.54) is 0 Å². The van der Waals surface area contributed by atoms with Crippen molar-refractivity contribution in [2.24, 2.45) is 11.8 Å². The highest BCUT2D eigenvalue weighted by atomic mass is 16.7. The van der Waals surface area contributed by atoms with Crippen molar-refractivity contribution in [3.05, 3.63) is 71.8 Å². The van der Waals surface area contributed by atoms with E-state index in [4.69, 9.17) is 9.57 Å². The molecule has 0 radical (unpaired) electrons. The Hall–Kier alpha value is -3.15. The monoisotopic (exact) mass is 355 g/mol. The van der Waals surface area contributed by atoms with E-state index >= 15 is 0 Å². The molecule has 0 aliphatic rings. The molecule has 0 heterocycles. The van der Waals surface area contributed by atoms with E-state index in [9.17, 15) is 14.4 Å². The van der Waals surface area contributed by atoms with Gasteiger partial charge in [0.2, 0.25) is 0 Å². The first-order valence-electron chi connectivity index (χ1n) is 8.27. The molecular formula is C20H21NO5. The van der Waals surface area contributed by atoms with Crippen LogP contribution in [0.25, 0.3) is 0 Å². The third-order valence-corrected chi connectivity index (χ3v) is 4.01. The molecule has 0 saturated carbocycles. The van der Waals surface area contributed by atoms with E-state index in [1.807, 2.05) is 6.07 Å². The maximum atomic E-state index is 12.1. The summed E-state index contributed by atoms with van der Waals surface area (Å²) in [5.74, 6) is -2.31. The predicted octanol–water partition coefficient (Wildman–Crippen LogP) is 3.00. The first kappa shape index (κ1) is 19.2. The summed E-state index contributed by atoms with van der Waals surface area (Å²) in [6.07, 6.45) is 0. The Morgan fingerprint density at radius 3 is 1.88 bits per heavy atom. The summed E-state index contributed by atoms with van der Waals surface area (Å²) in [6, 6.07) is 17.0. The van der Waals surface area contributed by atoms with Crippen LogP contribution in [0.4, 0.5) is 0 Å². The minimum atomic E-state index is -0.644. The molecule has 2 rings (SSSR count). The van der Waals surface area contributed by atoms with Crippen molar-refractivity contribution >= 4 is 17.8 Å². The average Bonchev–Trinajstić information content (AvgIpc) is 2.70. The highest BCUT2D eigenvalue weighted by molar-refractivity contribution is 5.90. The van der Waals surface area contributed by atoms with E-state index < -0.39 is 23.8 Å². The van der Waals surface area contributed by atoms with Gasteiger partial charge >= 0.3 is 11.9 Å². The van der Waals surface area contributed by atoms with Crippen LogP contribution in [0, 0.1) is 11.8 Å². The number of hydrogen-bond acceptors (Lipinski definition) is 5. The van der Waals surface area contributed by atoms with Crippen LogP contribution in [0.2, 0.25) is 0 Å². The van der Waals surface area contributed by atoms with Gasteiger partial charge in [0.25, 0.3) is 5.91 Å². The van der Waals surface area contributed by atoms with Crippen molar-refractivity contribution < 1.29 is 24.0 Å². The fraction of sp³-hybridized carbons (Fsp3) is 0.250. The van der Waals surface area contributed by atoms with Crippen molar-refractivity contribution in [1.82, 2.24) is 5.48 Å². The molecule has 26 heavy (non-hydrogen) atoms. The first-order valence-corrected chi connectivity index (χ1v) is 8.27. The van der Waals surface area contributed by atoms with Crippen LogP contribution >= 0.6 is 0 Å². The Balaban J connectivity index is 1.78. The van der Waals surface area contributed by atoms with E-state index in [2.05, 4.69) is 5.48 Å². The smallest absolute Gasteiger partial charge is 0.362 e. The minimum absolute atomic E-state index is 0.0783. The molecule has 2 aromatic carbocycles. The molecule has 6 nitrogen and oxygen atoms in total. The zero-order valence-corrected chi connectivity index (χ0v) is 14.7. The molecule has 2 aromatic rings. The number of esters is 1. The number of benzene rings is 2. The van der Waals surface area contributed by atoms with E-state index in [0.717, 1.165) is 0 Å². The molecule has 6 heteroatoms. The average molecular weight is 355 g/mol. The Labute approximate surface area is 152 Å². The molecule has 0 saturated heterocycles. The SMILES string of the molecule is C[C@H](COC(=O)c1ccccc1)[C@@H](C)C(=O)NOC(=O)c1ccccc1. The van der Waals surface area contributed by atoms with Gasteiger partial charge < -0.3 is 9.57 Å². The summed E-state index contributed by atoms with van der Waals surface area (Å²) in [6.45, 7) is 3.53. The number of amides is 1. The lowest BCUT2D eigenvalue weighted by molar-refractivity contribution is -0.135. The van der Waals surface area contributed by atoms with Crippen LogP contribution in [0.1, 0.15) is 34.6 Å². The van der Waals surface area contributed by atoms with Crippen LogP contribution in [-0.4, -0.2) is 24.5 Å². The molecule has 0 bridgehead atoms. The molecule has 136 valence electrons. The largest absolute Gasteiger partial charge is 0.462 e. The van der Waals surface area contributed by atoms with Gasteiger partial charge in [-0.15, -0.1) is 0 Å². The fourth-order valence-corrected chi connectivity index (χ4v) is 2.09. The summed E-state index contributed by atoms with van der Waals surface area (Å²) < 4.78 is 5.23. The molecule has 0 fully saturated rings. The number of hydroxylamine groups is 1. The lowest BCUT2D eigenvalue weighted by atomic mass is 9.96. The van der Waals surface area contributed by atoms with Gasteiger partial charge in [0, 0.05) is 11.8 Å². The number of hydrogen-bond donors (Lipinski definition) is 1. The van der Waals surface area contributed by atoms with Crippen molar-refractivity contribution in [2.45, 2.75) is 13.8 Å². The number of ether oxygens (including phenoxy) is 1. The molecular weight excluding hydrogens is 334 g/mol. The lowest BCUT2D eigenvalue weighted by Gasteiger charge is -2.19. The van der Waals surface area contributed by atoms with Crippen LogP contribution in [0.5, 0.6) is 0 Å². The second kappa shape index (κ2) is 9.36. The lowest BCUT2D eigenvalue weighted by Crippen LogP contribution is -2.35. The maximum Gasteiger partial charge on any atom is 0.362 e. The molecule has 0 unspecified atom stereocenters. The van der Waals surface area contributed by atoms with Gasteiger partial charge in [0.15, 0.2) is 0 Å². The summed E-state index contributed by atoms with van der Waals surface area (Å²) in [4.78, 5) is 40.6. The predicted molar refractivity (Wildman–Crippen MR) is 95.1 cm³/mol. The fourth-order valence-electron chi connectivity index (χ4n) is 2.09. The Kier molecular flexibility index (Phi) is 6.91. The van der Waals surface area contributed by atoms with Crippen LogP contribution < -0.4 is 5.48 Å². The zero-order valence-electron chi connectivity index (χ0n) is 14.7. The van der Waals surface area contributed by atoms with Crippen molar-refractivity contribution in [3.63, 3.8) is 0 Å². The van der Waals surface area contributed by atoms with Gasteiger partial charge in [-0.1, -0.05) is 50.2 Å². The zero-order chi connectivity index (χ0) is 18.9. The highest BCUT2D eigenvalue weighted by Crippen LogP contribution is 2.13. The number of carbonyl (C=O) groups is 3. The van der Waals surface area contributed by atoms with E-state index in [1.54, 1.807) is 68.4 Å². The van der Waals surface area contributed by atoms with E-state index in [0.29, 0.717) is 11.1 Å². The minimum Gasteiger partial charge on any atom is -0.462 e. The maximum absolute atomic E-state index is 12.1. The number of rotatable bonds is 6. The summed E-state index contributed by atoms with van der Waals surface area (Å²) in [5, 5.41) is 0. The highest BCUT2D eigenvalue weighted by Gasteiger charge is 2.23. The quantitative estimate of drug-likeness (QED) is 0.636. The molecule has 2 atom stereocenters. The van der Waals surface area contributed by atoms with E-state index in [-0.39, 0.29) is 12.5 Å². The van der Waals surface area contributed by atoms with Crippen molar-refractivity contribution in [3.8, 4) is 0 Å². The second-order valence-electron chi connectivity index (χ2n) is 5.95.